The van der Waals surface area contributed by atoms with Crippen molar-refractivity contribution in [2.24, 2.45) is 0 Å². The Morgan fingerprint density at radius 2 is 1.48 bits per heavy atom. The SMILES string of the molecule is O=[N+]([O-])c1ccc(Br)cc1-c1cc2sc3ccccc3c2c2ccccc12. The van der Waals surface area contributed by atoms with Crippen LogP contribution in [-0.4, -0.2) is 4.92 Å². The lowest BCUT2D eigenvalue weighted by atomic mass is 9.94. The summed E-state index contributed by atoms with van der Waals surface area (Å²) in [6.07, 6.45) is 0. The summed E-state index contributed by atoms with van der Waals surface area (Å²) in [4.78, 5) is 11.3. The van der Waals surface area contributed by atoms with E-state index in [0.29, 0.717) is 5.56 Å². The van der Waals surface area contributed by atoms with Crippen molar-refractivity contribution in [1.82, 2.24) is 0 Å². The maximum absolute atomic E-state index is 11.6. The number of fused-ring (bicyclic) bond motifs is 5. The van der Waals surface area contributed by atoms with Crippen LogP contribution in [0, 0.1) is 10.1 Å². The third-order valence-corrected chi connectivity index (χ3v) is 6.44. The Labute approximate surface area is 167 Å². The first-order valence-electron chi connectivity index (χ1n) is 8.41. The Morgan fingerprint density at radius 1 is 0.778 bits per heavy atom. The quantitative estimate of drug-likeness (QED) is 0.213. The van der Waals surface area contributed by atoms with E-state index in [4.69, 9.17) is 0 Å². The molecule has 0 aliphatic rings. The Balaban J connectivity index is 1.98. The van der Waals surface area contributed by atoms with Crippen LogP contribution in [0.2, 0.25) is 0 Å². The fraction of sp³-hybridized carbons (Fsp3) is 0. The van der Waals surface area contributed by atoms with Crippen LogP contribution < -0.4 is 0 Å². The predicted molar refractivity (Wildman–Crippen MR) is 117 cm³/mol. The second kappa shape index (κ2) is 6.15. The van der Waals surface area contributed by atoms with Crippen molar-refractivity contribution in [2.75, 3.05) is 0 Å². The molecule has 0 N–H and O–H groups in total. The molecule has 5 heteroatoms. The molecule has 0 saturated heterocycles. The van der Waals surface area contributed by atoms with Crippen LogP contribution in [0.3, 0.4) is 0 Å². The molecule has 3 nitrogen and oxygen atoms in total. The Hall–Kier alpha value is -2.76. The van der Waals surface area contributed by atoms with Gasteiger partial charge in [-0.2, -0.15) is 0 Å². The molecule has 0 fully saturated rings. The van der Waals surface area contributed by atoms with Gasteiger partial charge in [0.15, 0.2) is 0 Å². The monoisotopic (exact) mass is 433 g/mol. The standard InChI is InChI=1S/C22H12BrNO2S/c23-13-9-10-19(24(25)26)18(11-13)17-12-21-22(15-6-2-1-5-14(15)17)16-7-3-4-8-20(16)27-21/h1-12H. The van der Waals surface area contributed by atoms with Gasteiger partial charge >= 0.3 is 0 Å². The number of thiophene rings is 1. The topological polar surface area (TPSA) is 43.1 Å². The minimum absolute atomic E-state index is 0.115. The van der Waals surface area contributed by atoms with E-state index in [0.717, 1.165) is 25.5 Å². The predicted octanol–water partition coefficient (Wildman–Crippen LogP) is 7.55. The lowest BCUT2D eigenvalue weighted by Gasteiger charge is -2.10. The van der Waals surface area contributed by atoms with Gasteiger partial charge in [0.2, 0.25) is 0 Å². The molecule has 0 unspecified atom stereocenters. The zero-order chi connectivity index (χ0) is 18.5. The average Bonchev–Trinajstić information content (AvgIpc) is 3.05. The van der Waals surface area contributed by atoms with Crippen LogP contribution in [0.1, 0.15) is 0 Å². The molecule has 0 amide bonds. The van der Waals surface area contributed by atoms with E-state index in [-0.39, 0.29) is 10.6 Å². The molecule has 1 aromatic heterocycles. The Kier molecular flexibility index (Phi) is 3.74. The van der Waals surface area contributed by atoms with Gasteiger partial charge in [-0.15, -0.1) is 11.3 Å². The van der Waals surface area contributed by atoms with Crippen molar-refractivity contribution in [1.29, 1.82) is 0 Å². The summed E-state index contributed by atoms with van der Waals surface area (Å²) >= 11 is 5.19. The molecular weight excluding hydrogens is 422 g/mol. The fourth-order valence-corrected chi connectivity index (χ4v) is 5.22. The van der Waals surface area contributed by atoms with Gasteiger partial charge in [-0.1, -0.05) is 58.4 Å². The smallest absolute Gasteiger partial charge is 0.258 e. The second-order valence-corrected chi connectivity index (χ2v) is 8.36. The lowest BCUT2D eigenvalue weighted by Crippen LogP contribution is -1.93. The van der Waals surface area contributed by atoms with Gasteiger partial charge < -0.3 is 0 Å². The van der Waals surface area contributed by atoms with Gasteiger partial charge in [-0.05, 0) is 40.6 Å². The number of halogens is 1. The molecule has 0 aliphatic carbocycles. The number of hydrogen-bond acceptors (Lipinski definition) is 3. The average molecular weight is 434 g/mol. The van der Waals surface area contributed by atoms with E-state index < -0.39 is 0 Å². The van der Waals surface area contributed by atoms with Crippen LogP contribution in [0.5, 0.6) is 0 Å². The molecule has 130 valence electrons. The van der Waals surface area contributed by atoms with E-state index in [9.17, 15) is 10.1 Å². The minimum atomic E-state index is -0.314. The van der Waals surface area contributed by atoms with Crippen LogP contribution in [0.15, 0.2) is 77.3 Å². The van der Waals surface area contributed by atoms with E-state index in [1.54, 1.807) is 23.5 Å². The second-order valence-electron chi connectivity index (χ2n) is 6.36. The fourth-order valence-electron chi connectivity index (χ4n) is 3.69. The van der Waals surface area contributed by atoms with Crippen molar-refractivity contribution in [3.8, 4) is 11.1 Å². The molecule has 0 spiro atoms. The van der Waals surface area contributed by atoms with Crippen molar-refractivity contribution >= 4 is 63.9 Å². The number of nitrogens with zero attached hydrogens (tertiary/aromatic N) is 1. The van der Waals surface area contributed by atoms with Crippen LogP contribution in [-0.2, 0) is 0 Å². The first-order chi connectivity index (χ1) is 13.1. The van der Waals surface area contributed by atoms with Crippen LogP contribution >= 0.6 is 27.3 Å². The number of nitro benzene ring substituents is 1. The molecule has 0 radical (unpaired) electrons. The number of rotatable bonds is 2. The van der Waals surface area contributed by atoms with Gasteiger partial charge in [-0.25, -0.2) is 0 Å². The summed E-state index contributed by atoms with van der Waals surface area (Å²) in [5.41, 5.74) is 1.63. The summed E-state index contributed by atoms with van der Waals surface area (Å²) in [6.45, 7) is 0. The van der Waals surface area contributed by atoms with Gasteiger partial charge in [0.1, 0.15) is 0 Å². The van der Waals surface area contributed by atoms with Crippen molar-refractivity contribution in [3.05, 3.63) is 87.4 Å². The molecule has 5 aromatic rings. The number of nitro groups is 1. The molecule has 1 heterocycles. The van der Waals surface area contributed by atoms with Crippen molar-refractivity contribution < 1.29 is 4.92 Å². The van der Waals surface area contributed by atoms with Crippen LogP contribution in [0.4, 0.5) is 5.69 Å². The minimum Gasteiger partial charge on any atom is -0.258 e. The first-order valence-corrected chi connectivity index (χ1v) is 10.0. The molecular formula is C22H12BrNO2S. The maximum Gasteiger partial charge on any atom is 0.277 e. The largest absolute Gasteiger partial charge is 0.277 e. The summed E-state index contributed by atoms with van der Waals surface area (Å²) in [5.74, 6) is 0. The van der Waals surface area contributed by atoms with Gasteiger partial charge in [-0.3, -0.25) is 10.1 Å². The highest BCUT2D eigenvalue weighted by Gasteiger charge is 2.20. The maximum atomic E-state index is 11.6. The zero-order valence-electron chi connectivity index (χ0n) is 14.0. The van der Waals surface area contributed by atoms with Crippen molar-refractivity contribution in [3.63, 3.8) is 0 Å². The Bertz CT molecular complexity index is 1370. The van der Waals surface area contributed by atoms with Gasteiger partial charge in [0.05, 0.1) is 10.5 Å². The summed E-state index contributed by atoms with van der Waals surface area (Å²) < 4.78 is 3.18. The molecule has 0 atom stereocenters. The van der Waals surface area contributed by atoms with Gasteiger partial charge in [0.25, 0.3) is 5.69 Å². The van der Waals surface area contributed by atoms with E-state index in [1.807, 2.05) is 30.3 Å². The normalized spacial score (nSPS) is 11.4. The van der Waals surface area contributed by atoms with Crippen LogP contribution in [0.25, 0.3) is 42.1 Å². The van der Waals surface area contributed by atoms with Crippen molar-refractivity contribution in [2.45, 2.75) is 0 Å². The third kappa shape index (κ3) is 2.54. The first kappa shape index (κ1) is 16.4. The zero-order valence-corrected chi connectivity index (χ0v) is 16.4. The highest BCUT2D eigenvalue weighted by molar-refractivity contribution is 9.10. The number of benzene rings is 4. The molecule has 0 bridgehead atoms. The van der Waals surface area contributed by atoms with E-state index >= 15 is 0 Å². The summed E-state index contributed by atoms with van der Waals surface area (Å²) in [5, 5.41) is 16.2. The van der Waals surface area contributed by atoms with E-state index in [1.165, 1.54) is 15.5 Å². The number of hydrogen-bond donors (Lipinski definition) is 0. The van der Waals surface area contributed by atoms with E-state index in [2.05, 4.69) is 46.3 Å². The Morgan fingerprint density at radius 3 is 2.26 bits per heavy atom. The summed E-state index contributed by atoms with van der Waals surface area (Å²) in [7, 11) is 0. The molecule has 0 aliphatic heterocycles. The highest BCUT2D eigenvalue weighted by atomic mass is 79.9. The molecule has 27 heavy (non-hydrogen) atoms. The summed E-state index contributed by atoms with van der Waals surface area (Å²) in [6, 6.07) is 23.7. The van der Waals surface area contributed by atoms with Gasteiger partial charge in [0, 0.05) is 30.7 Å². The molecule has 5 rings (SSSR count). The molecule has 4 aromatic carbocycles. The lowest BCUT2D eigenvalue weighted by molar-refractivity contribution is -0.384. The third-order valence-electron chi connectivity index (χ3n) is 4.83. The highest BCUT2D eigenvalue weighted by Crippen LogP contribution is 2.44. The molecule has 0 saturated carbocycles.